The monoisotopic (exact) mass is 238 g/mol. The zero-order valence-corrected chi connectivity index (χ0v) is 10.5. The summed E-state index contributed by atoms with van der Waals surface area (Å²) in [6, 6.07) is 10.1. The normalized spacial score (nSPS) is 17.1. The van der Waals surface area contributed by atoms with Gasteiger partial charge < -0.3 is 5.11 Å². The predicted molar refractivity (Wildman–Crippen MR) is 75.8 cm³/mol. The van der Waals surface area contributed by atoms with Crippen molar-refractivity contribution in [1.29, 1.82) is 0 Å². The fourth-order valence-corrected chi connectivity index (χ4v) is 2.49. The predicted octanol–water partition coefficient (Wildman–Crippen LogP) is 3.56. The van der Waals surface area contributed by atoms with Crippen LogP contribution in [0.4, 0.5) is 0 Å². The van der Waals surface area contributed by atoms with Crippen molar-refractivity contribution in [2.24, 2.45) is 0 Å². The Morgan fingerprint density at radius 3 is 2.56 bits per heavy atom. The van der Waals surface area contributed by atoms with Crippen molar-refractivity contribution < 1.29 is 5.11 Å². The summed E-state index contributed by atoms with van der Waals surface area (Å²) in [5.41, 5.74) is 4.24. The molecule has 18 heavy (non-hydrogen) atoms. The average Bonchev–Trinajstić information content (AvgIpc) is 2.46. The van der Waals surface area contributed by atoms with E-state index >= 15 is 0 Å². The van der Waals surface area contributed by atoms with Gasteiger partial charge >= 0.3 is 0 Å². The molecule has 0 aliphatic heterocycles. The van der Waals surface area contributed by atoms with Crippen molar-refractivity contribution in [2.75, 3.05) is 0 Å². The van der Waals surface area contributed by atoms with Crippen LogP contribution in [-0.4, -0.2) is 11.2 Å². The van der Waals surface area contributed by atoms with Crippen LogP contribution in [-0.2, 0) is 0 Å². The average molecular weight is 238 g/mol. The molecule has 0 radical (unpaired) electrons. The SMILES string of the molecule is C#CC(O)C1=C(C(=C)c2ccccc2)CCCC1. The number of hydrogen-bond acceptors (Lipinski definition) is 1. The van der Waals surface area contributed by atoms with E-state index < -0.39 is 6.10 Å². The second kappa shape index (κ2) is 5.71. The second-order valence-corrected chi connectivity index (χ2v) is 4.62. The maximum Gasteiger partial charge on any atom is 0.136 e. The third-order valence-electron chi connectivity index (χ3n) is 3.48. The van der Waals surface area contributed by atoms with E-state index in [0.29, 0.717) is 0 Å². The number of allylic oxidation sites excluding steroid dienone is 2. The van der Waals surface area contributed by atoms with E-state index in [4.69, 9.17) is 6.42 Å². The minimum absolute atomic E-state index is 0.763. The molecule has 1 N–H and O–H groups in total. The molecule has 0 fully saturated rings. The molecule has 0 spiro atoms. The number of aliphatic hydroxyl groups excluding tert-OH is 1. The first-order valence-electron chi connectivity index (χ1n) is 6.35. The Bertz CT molecular complexity index is 502. The van der Waals surface area contributed by atoms with Crippen LogP contribution >= 0.6 is 0 Å². The highest BCUT2D eigenvalue weighted by Crippen LogP contribution is 2.35. The topological polar surface area (TPSA) is 20.2 Å². The molecule has 1 heteroatoms. The molecule has 1 aromatic carbocycles. The van der Waals surface area contributed by atoms with Crippen molar-refractivity contribution in [3.8, 4) is 12.3 Å². The van der Waals surface area contributed by atoms with Gasteiger partial charge in [-0.3, -0.25) is 0 Å². The maximum atomic E-state index is 9.91. The van der Waals surface area contributed by atoms with Gasteiger partial charge in [0.1, 0.15) is 6.10 Å². The first-order valence-corrected chi connectivity index (χ1v) is 6.35. The molecule has 92 valence electrons. The summed E-state index contributed by atoms with van der Waals surface area (Å²) in [5, 5.41) is 9.91. The summed E-state index contributed by atoms with van der Waals surface area (Å²) in [4.78, 5) is 0. The number of rotatable bonds is 3. The molecule has 1 aromatic rings. The Kier molecular flexibility index (Phi) is 4.02. The van der Waals surface area contributed by atoms with Gasteiger partial charge in [0.2, 0.25) is 0 Å². The summed E-state index contributed by atoms with van der Waals surface area (Å²) >= 11 is 0. The van der Waals surface area contributed by atoms with Gasteiger partial charge in [-0.05, 0) is 48.0 Å². The fraction of sp³-hybridized carbons (Fsp3) is 0.294. The summed E-state index contributed by atoms with van der Waals surface area (Å²) in [6.07, 6.45) is 8.66. The van der Waals surface area contributed by atoms with Crippen molar-refractivity contribution in [1.82, 2.24) is 0 Å². The zero-order chi connectivity index (χ0) is 13.0. The van der Waals surface area contributed by atoms with Crippen molar-refractivity contribution in [3.05, 3.63) is 53.6 Å². The van der Waals surface area contributed by atoms with Gasteiger partial charge in [0.05, 0.1) is 0 Å². The largest absolute Gasteiger partial charge is 0.376 e. The molecule has 1 nitrogen and oxygen atoms in total. The lowest BCUT2D eigenvalue weighted by atomic mass is 9.83. The Balaban J connectivity index is 2.38. The van der Waals surface area contributed by atoms with Gasteiger partial charge in [0, 0.05) is 0 Å². The van der Waals surface area contributed by atoms with Gasteiger partial charge in [-0.15, -0.1) is 6.42 Å². The fourth-order valence-electron chi connectivity index (χ4n) is 2.49. The lowest BCUT2D eigenvalue weighted by Gasteiger charge is -2.23. The first-order chi connectivity index (χ1) is 8.74. The molecule has 2 rings (SSSR count). The van der Waals surface area contributed by atoms with E-state index in [0.717, 1.165) is 48.0 Å². The van der Waals surface area contributed by atoms with E-state index in [9.17, 15) is 5.11 Å². The van der Waals surface area contributed by atoms with Gasteiger partial charge in [-0.25, -0.2) is 0 Å². The Hall–Kier alpha value is -1.78. The van der Waals surface area contributed by atoms with E-state index in [1.807, 2.05) is 30.3 Å². The first kappa shape index (κ1) is 12.7. The molecule has 1 aliphatic carbocycles. The number of aliphatic hydroxyl groups is 1. The van der Waals surface area contributed by atoms with E-state index in [-0.39, 0.29) is 0 Å². The molecule has 0 bridgehead atoms. The lowest BCUT2D eigenvalue weighted by Crippen LogP contribution is -2.14. The highest BCUT2D eigenvalue weighted by atomic mass is 16.3. The van der Waals surface area contributed by atoms with Gasteiger partial charge in [-0.1, -0.05) is 42.8 Å². The van der Waals surface area contributed by atoms with Crippen LogP contribution in [0.25, 0.3) is 5.57 Å². The van der Waals surface area contributed by atoms with Gasteiger partial charge in [0.15, 0.2) is 0 Å². The summed E-state index contributed by atoms with van der Waals surface area (Å²) < 4.78 is 0. The van der Waals surface area contributed by atoms with E-state index in [2.05, 4.69) is 12.5 Å². The standard InChI is InChI=1S/C17H18O/c1-3-17(18)16-12-8-7-11-15(16)13(2)14-9-5-4-6-10-14/h1,4-6,9-10,17-18H,2,7-8,11-12H2. The number of benzene rings is 1. The molecule has 0 heterocycles. The number of hydrogen-bond donors (Lipinski definition) is 1. The van der Waals surface area contributed by atoms with Crippen molar-refractivity contribution in [2.45, 2.75) is 31.8 Å². The van der Waals surface area contributed by atoms with Crippen LogP contribution in [0.2, 0.25) is 0 Å². The third-order valence-corrected chi connectivity index (χ3v) is 3.48. The van der Waals surface area contributed by atoms with Gasteiger partial charge in [0.25, 0.3) is 0 Å². The minimum Gasteiger partial charge on any atom is -0.376 e. The smallest absolute Gasteiger partial charge is 0.136 e. The molecule has 1 aliphatic rings. The van der Waals surface area contributed by atoms with Crippen LogP contribution in [0.1, 0.15) is 31.2 Å². The maximum absolute atomic E-state index is 9.91. The second-order valence-electron chi connectivity index (χ2n) is 4.62. The van der Waals surface area contributed by atoms with Gasteiger partial charge in [-0.2, -0.15) is 0 Å². The quantitative estimate of drug-likeness (QED) is 0.798. The lowest BCUT2D eigenvalue weighted by molar-refractivity contribution is 0.259. The summed E-state index contributed by atoms with van der Waals surface area (Å²) in [5.74, 6) is 2.43. The molecular weight excluding hydrogens is 220 g/mol. The highest BCUT2D eigenvalue weighted by molar-refractivity contribution is 5.78. The van der Waals surface area contributed by atoms with Crippen molar-refractivity contribution in [3.63, 3.8) is 0 Å². The molecule has 0 amide bonds. The molecular formula is C17H18O. The summed E-state index contributed by atoms with van der Waals surface area (Å²) in [7, 11) is 0. The molecule has 1 atom stereocenters. The molecule has 0 saturated heterocycles. The van der Waals surface area contributed by atoms with Crippen LogP contribution in [0.5, 0.6) is 0 Å². The van der Waals surface area contributed by atoms with Crippen LogP contribution in [0.3, 0.4) is 0 Å². The molecule has 1 unspecified atom stereocenters. The summed E-state index contributed by atoms with van der Waals surface area (Å²) in [6.45, 7) is 4.18. The number of terminal acetylenes is 1. The van der Waals surface area contributed by atoms with Crippen LogP contribution < -0.4 is 0 Å². The van der Waals surface area contributed by atoms with E-state index in [1.165, 1.54) is 0 Å². The third kappa shape index (κ3) is 2.55. The van der Waals surface area contributed by atoms with Crippen LogP contribution in [0, 0.1) is 12.3 Å². The Morgan fingerprint density at radius 1 is 1.22 bits per heavy atom. The molecule has 0 saturated carbocycles. The highest BCUT2D eigenvalue weighted by Gasteiger charge is 2.20. The minimum atomic E-state index is -0.763. The zero-order valence-electron chi connectivity index (χ0n) is 10.5. The Morgan fingerprint density at radius 2 is 1.89 bits per heavy atom. The van der Waals surface area contributed by atoms with Crippen LogP contribution in [0.15, 0.2) is 48.1 Å². The molecule has 0 aromatic heterocycles. The Labute approximate surface area is 109 Å². The van der Waals surface area contributed by atoms with E-state index in [1.54, 1.807) is 0 Å². The van der Waals surface area contributed by atoms with Crippen molar-refractivity contribution >= 4 is 5.57 Å².